The van der Waals surface area contributed by atoms with Gasteiger partial charge in [0.25, 0.3) is 0 Å². The van der Waals surface area contributed by atoms with Crippen LogP contribution in [0.15, 0.2) is 0 Å². The SMILES string of the molecule is CC(=O)N[C@@H](CCCO)C(N)=O. The summed E-state index contributed by atoms with van der Waals surface area (Å²) in [6.07, 6.45) is 0.833. The largest absolute Gasteiger partial charge is 0.396 e. The average Bonchev–Trinajstić information content (AvgIpc) is 1.96. The van der Waals surface area contributed by atoms with E-state index in [4.69, 9.17) is 10.8 Å². The van der Waals surface area contributed by atoms with Crippen molar-refractivity contribution in [1.29, 1.82) is 0 Å². The zero-order valence-corrected chi connectivity index (χ0v) is 7.04. The lowest BCUT2D eigenvalue weighted by Crippen LogP contribution is -2.43. The van der Waals surface area contributed by atoms with E-state index < -0.39 is 11.9 Å². The highest BCUT2D eigenvalue weighted by Crippen LogP contribution is 1.95. The smallest absolute Gasteiger partial charge is 0.240 e. The van der Waals surface area contributed by atoms with Crippen molar-refractivity contribution in [3.63, 3.8) is 0 Å². The lowest BCUT2D eigenvalue weighted by molar-refractivity contribution is -0.126. The number of carbonyl (C=O) groups excluding carboxylic acids is 2. The lowest BCUT2D eigenvalue weighted by Gasteiger charge is -2.12. The van der Waals surface area contributed by atoms with Crippen molar-refractivity contribution < 1.29 is 14.7 Å². The molecule has 2 amide bonds. The first-order valence-electron chi connectivity index (χ1n) is 3.75. The van der Waals surface area contributed by atoms with Gasteiger partial charge in [-0.2, -0.15) is 0 Å². The highest BCUT2D eigenvalue weighted by atomic mass is 16.3. The molecule has 0 aliphatic carbocycles. The van der Waals surface area contributed by atoms with E-state index in [0.29, 0.717) is 12.8 Å². The number of hydrogen-bond acceptors (Lipinski definition) is 3. The molecule has 0 aromatic rings. The van der Waals surface area contributed by atoms with Crippen molar-refractivity contribution in [2.24, 2.45) is 5.73 Å². The molecule has 4 N–H and O–H groups in total. The maximum atomic E-state index is 10.7. The summed E-state index contributed by atoms with van der Waals surface area (Å²) >= 11 is 0. The maximum Gasteiger partial charge on any atom is 0.240 e. The van der Waals surface area contributed by atoms with Crippen LogP contribution >= 0.6 is 0 Å². The minimum Gasteiger partial charge on any atom is -0.396 e. The molecule has 0 bridgehead atoms. The third kappa shape index (κ3) is 4.68. The molecule has 0 heterocycles. The lowest BCUT2D eigenvalue weighted by atomic mass is 10.1. The van der Waals surface area contributed by atoms with Crippen LogP contribution in [0.2, 0.25) is 0 Å². The summed E-state index contributed by atoms with van der Waals surface area (Å²) in [5, 5.41) is 10.9. The molecule has 1 atom stereocenters. The molecule has 0 fully saturated rings. The molecular weight excluding hydrogens is 160 g/mol. The summed E-state index contributed by atoms with van der Waals surface area (Å²) in [6, 6.07) is -0.658. The van der Waals surface area contributed by atoms with E-state index in [2.05, 4.69) is 5.32 Å². The number of nitrogens with one attached hydrogen (secondary N) is 1. The van der Waals surface area contributed by atoms with E-state index in [-0.39, 0.29) is 12.5 Å². The number of aliphatic hydroxyl groups excluding tert-OH is 1. The van der Waals surface area contributed by atoms with E-state index in [1.165, 1.54) is 6.92 Å². The molecule has 0 aliphatic heterocycles. The van der Waals surface area contributed by atoms with Crippen molar-refractivity contribution in [2.45, 2.75) is 25.8 Å². The van der Waals surface area contributed by atoms with E-state index in [0.717, 1.165) is 0 Å². The number of hydrogen-bond donors (Lipinski definition) is 3. The minimum absolute atomic E-state index is 0.0106. The van der Waals surface area contributed by atoms with E-state index >= 15 is 0 Å². The fourth-order valence-corrected chi connectivity index (χ4v) is 0.826. The van der Waals surface area contributed by atoms with Crippen LogP contribution in [-0.4, -0.2) is 29.6 Å². The highest BCUT2D eigenvalue weighted by Gasteiger charge is 2.14. The van der Waals surface area contributed by atoms with Gasteiger partial charge < -0.3 is 16.2 Å². The Balaban J connectivity index is 3.87. The molecule has 0 aromatic carbocycles. The summed E-state index contributed by atoms with van der Waals surface area (Å²) in [4.78, 5) is 21.2. The molecule has 0 rings (SSSR count). The summed E-state index contributed by atoms with van der Waals surface area (Å²) in [5.74, 6) is -0.865. The van der Waals surface area contributed by atoms with E-state index in [9.17, 15) is 9.59 Å². The monoisotopic (exact) mass is 174 g/mol. The standard InChI is InChI=1S/C7H14N2O3/c1-5(11)9-6(7(8)12)3-2-4-10/h6,10H,2-4H2,1H3,(H2,8,12)(H,9,11)/t6-/m0/s1. The van der Waals surface area contributed by atoms with Gasteiger partial charge in [-0.3, -0.25) is 9.59 Å². The van der Waals surface area contributed by atoms with Crippen LogP contribution in [0, 0.1) is 0 Å². The predicted octanol–water partition coefficient (Wildman–Crippen LogP) is -1.25. The Morgan fingerprint density at radius 3 is 2.50 bits per heavy atom. The van der Waals surface area contributed by atoms with Crippen LogP contribution in [0.4, 0.5) is 0 Å². The van der Waals surface area contributed by atoms with Crippen LogP contribution in [0.1, 0.15) is 19.8 Å². The fraction of sp³-hybridized carbons (Fsp3) is 0.714. The number of carbonyl (C=O) groups is 2. The minimum atomic E-state index is -0.658. The molecule has 0 aromatic heterocycles. The van der Waals surface area contributed by atoms with Crippen molar-refractivity contribution in [3.05, 3.63) is 0 Å². The van der Waals surface area contributed by atoms with Gasteiger partial charge in [0.15, 0.2) is 0 Å². The predicted molar refractivity (Wildman–Crippen MR) is 43.1 cm³/mol. The van der Waals surface area contributed by atoms with Crippen molar-refractivity contribution in [3.8, 4) is 0 Å². The molecule has 0 saturated carbocycles. The molecule has 12 heavy (non-hydrogen) atoms. The zero-order chi connectivity index (χ0) is 9.56. The topological polar surface area (TPSA) is 92.4 Å². The van der Waals surface area contributed by atoms with Crippen molar-refractivity contribution in [2.75, 3.05) is 6.61 Å². The van der Waals surface area contributed by atoms with Crippen molar-refractivity contribution in [1.82, 2.24) is 5.32 Å². The van der Waals surface area contributed by atoms with Gasteiger partial charge in [0, 0.05) is 13.5 Å². The van der Waals surface area contributed by atoms with Gasteiger partial charge in [0.05, 0.1) is 0 Å². The fourth-order valence-electron chi connectivity index (χ4n) is 0.826. The number of rotatable bonds is 5. The molecule has 0 saturated heterocycles. The number of aliphatic hydroxyl groups is 1. The van der Waals surface area contributed by atoms with Gasteiger partial charge in [-0.15, -0.1) is 0 Å². The molecular formula is C7H14N2O3. The van der Waals surface area contributed by atoms with Gasteiger partial charge in [0.2, 0.25) is 11.8 Å². The Kier molecular flexibility index (Phi) is 5.03. The van der Waals surface area contributed by atoms with E-state index in [1.807, 2.05) is 0 Å². The Morgan fingerprint density at radius 2 is 2.17 bits per heavy atom. The van der Waals surface area contributed by atoms with Crippen LogP contribution in [0.3, 0.4) is 0 Å². The van der Waals surface area contributed by atoms with Crippen LogP contribution in [0.25, 0.3) is 0 Å². The Bertz CT molecular complexity index is 170. The van der Waals surface area contributed by atoms with Gasteiger partial charge in [-0.25, -0.2) is 0 Å². The molecule has 0 spiro atoms. The third-order valence-corrected chi connectivity index (χ3v) is 1.37. The van der Waals surface area contributed by atoms with Gasteiger partial charge >= 0.3 is 0 Å². The van der Waals surface area contributed by atoms with Crippen LogP contribution in [0.5, 0.6) is 0 Å². The normalized spacial score (nSPS) is 12.2. The maximum absolute atomic E-state index is 10.7. The quantitative estimate of drug-likeness (QED) is 0.486. The molecule has 0 radical (unpaired) electrons. The molecule has 70 valence electrons. The summed E-state index contributed by atoms with van der Waals surface area (Å²) in [6.45, 7) is 1.30. The first-order chi connectivity index (χ1) is 5.57. The van der Waals surface area contributed by atoms with Crippen LogP contribution < -0.4 is 11.1 Å². The average molecular weight is 174 g/mol. The molecule has 5 heteroatoms. The number of primary amides is 1. The summed E-state index contributed by atoms with van der Waals surface area (Å²) in [5.41, 5.74) is 4.99. The Morgan fingerprint density at radius 1 is 1.58 bits per heavy atom. The Labute approximate surface area is 70.9 Å². The molecule has 5 nitrogen and oxygen atoms in total. The molecule has 0 aliphatic rings. The second-order valence-electron chi connectivity index (χ2n) is 2.52. The highest BCUT2D eigenvalue weighted by molar-refractivity contribution is 5.85. The van der Waals surface area contributed by atoms with Crippen molar-refractivity contribution >= 4 is 11.8 Å². The van der Waals surface area contributed by atoms with E-state index in [1.54, 1.807) is 0 Å². The summed E-state index contributed by atoms with van der Waals surface area (Å²) < 4.78 is 0. The van der Waals surface area contributed by atoms with Gasteiger partial charge in [-0.05, 0) is 12.8 Å². The summed E-state index contributed by atoms with van der Waals surface area (Å²) in [7, 11) is 0. The van der Waals surface area contributed by atoms with Gasteiger partial charge in [-0.1, -0.05) is 0 Å². The zero-order valence-electron chi connectivity index (χ0n) is 7.04. The molecule has 0 unspecified atom stereocenters. The number of amides is 2. The third-order valence-electron chi connectivity index (χ3n) is 1.37. The first-order valence-corrected chi connectivity index (χ1v) is 3.75. The second-order valence-corrected chi connectivity index (χ2v) is 2.52. The second kappa shape index (κ2) is 5.54. The first kappa shape index (κ1) is 10.9. The van der Waals surface area contributed by atoms with Crippen LogP contribution in [-0.2, 0) is 9.59 Å². The van der Waals surface area contributed by atoms with Gasteiger partial charge in [0.1, 0.15) is 6.04 Å². The number of nitrogens with two attached hydrogens (primary N) is 1. The Hall–Kier alpha value is -1.10.